The summed E-state index contributed by atoms with van der Waals surface area (Å²) in [7, 11) is 1.73. The van der Waals surface area contributed by atoms with Crippen molar-refractivity contribution in [2.24, 2.45) is 7.05 Å². The van der Waals surface area contributed by atoms with Gasteiger partial charge in [-0.05, 0) is 12.1 Å². The molecule has 1 aromatic carbocycles. The highest BCUT2D eigenvalue weighted by Crippen LogP contribution is 2.25. The van der Waals surface area contributed by atoms with Crippen molar-refractivity contribution < 1.29 is 9.13 Å². The Morgan fingerprint density at radius 2 is 2.31 bits per heavy atom. The number of rotatable bonds is 3. The molecule has 0 fully saturated rings. The molecule has 0 amide bonds. The van der Waals surface area contributed by atoms with Crippen LogP contribution in [0.3, 0.4) is 0 Å². The highest BCUT2D eigenvalue weighted by Gasteiger charge is 2.09. The first-order valence-electron chi connectivity index (χ1n) is 4.68. The Balaban J connectivity index is 2.14. The van der Waals surface area contributed by atoms with Crippen LogP contribution in [-0.4, -0.2) is 14.8 Å². The molecule has 0 aliphatic heterocycles. The van der Waals surface area contributed by atoms with Crippen LogP contribution in [0.15, 0.2) is 24.5 Å². The van der Waals surface area contributed by atoms with Crippen molar-refractivity contribution in [3.8, 4) is 5.75 Å². The molecule has 0 aliphatic rings. The second-order valence-corrected chi connectivity index (χ2v) is 3.25. The number of halogens is 1. The SMILES string of the molecule is Cn1ncnc1COc1c(N)cccc1F. The first-order valence-corrected chi connectivity index (χ1v) is 4.68. The van der Waals surface area contributed by atoms with Crippen LogP contribution in [-0.2, 0) is 13.7 Å². The summed E-state index contributed by atoms with van der Waals surface area (Å²) in [4.78, 5) is 3.95. The number of anilines is 1. The molecule has 6 heteroatoms. The summed E-state index contributed by atoms with van der Waals surface area (Å²) in [6, 6.07) is 4.40. The molecular formula is C10H11FN4O. The number of nitrogens with zero attached hydrogens (tertiary/aromatic N) is 3. The fraction of sp³-hybridized carbons (Fsp3) is 0.200. The van der Waals surface area contributed by atoms with Gasteiger partial charge in [0.2, 0.25) is 0 Å². The lowest BCUT2D eigenvalue weighted by atomic mass is 10.3. The maximum atomic E-state index is 13.3. The third kappa shape index (κ3) is 1.95. The van der Waals surface area contributed by atoms with Gasteiger partial charge in [-0.15, -0.1) is 0 Å². The molecule has 2 N–H and O–H groups in total. The van der Waals surface area contributed by atoms with Crippen molar-refractivity contribution in [3.63, 3.8) is 0 Å². The zero-order valence-corrected chi connectivity index (χ0v) is 8.72. The lowest BCUT2D eigenvalue weighted by molar-refractivity contribution is 0.277. The fourth-order valence-electron chi connectivity index (χ4n) is 1.27. The predicted octanol–water partition coefficient (Wildman–Crippen LogP) is 1.12. The van der Waals surface area contributed by atoms with Gasteiger partial charge in [0.1, 0.15) is 12.9 Å². The quantitative estimate of drug-likeness (QED) is 0.790. The predicted molar refractivity (Wildman–Crippen MR) is 56.1 cm³/mol. The second kappa shape index (κ2) is 4.18. The standard InChI is InChI=1S/C10H11FN4O/c1-15-9(13-6-14-15)5-16-10-7(11)3-2-4-8(10)12/h2-4,6H,5,12H2,1H3. The number of ether oxygens (including phenoxy) is 1. The number of aromatic nitrogens is 3. The van der Waals surface area contributed by atoms with Gasteiger partial charge in [0.25, 0.3) is 0 Å². The zero-order chi connectivity index (χ0) is 11.5. The Hall–Kier alpha value is -2.11. The number of benzene rings is 1. The average molecular weight is 222 g/mol. The molecule has 2 rings (SSSR count). The van der Waals surface area contributed by atoms with Crippen molar-refractivity contribution in [1.29, 1.82) is 0 Å². The number of hydrogen-bond acceptors (Lipinski definition) is 4. The minimum Gasteiger partial charge on any atom is -0.480 e. The molecule has 1 heterocycles. The van der Waals surface area contributed by atoms with Gasteiger partial charge in [0, 0.05) is 7.05 Å². The van der Waals surface area contributed by atoms with Crippen LogP contribution in [0.1, 0.15) is 5.82 Å². The van der Waals surface area contributed by atoms with Crippen LogP contribution in [0.25, 0.3) is 0 Å². The van der Waals surface area contributed by atoms with Crippen molar-refractivity contribution in [1.82, 2.24) is 14.8 Å². The van der Waals surface area contributed by atoms with E-state index < -0.39 is 5.82 Å². The third-order valence-corrected chi connectivity index (χ3v) is 2.15. The molecule has 0 unspecified atom stereocenters. The second-order valence-electron chi connectivity index (χ2n) is 3.25. The monoisotopic (exact) mass is 222 g/mol. The van der Waals surface area contributed by atoms with Crippen molar-refractivity contribution >= 4 is 5.69 Å². The van der Waals surface area contributed by atoms with Gasteiger partial charge in [-0.25, -0.2) is 9.37 Å². The van der Waals surface area contributed by atoms with Gasteiger partial charge < -0.3 is 10.5 Å². The summed E-state index contributed by atoms with van der Waals surface area (Å²) in [6.45, 7) is 0.127. The van der Waals surface area contributed by atoms with E-state index in [1.807, 2.05) is 0 Å². The first-order chi connectivity index (χ1) is 7.68. The van der Waals surface area contributed by atoms with Crippen molar-refractivity contribution in [3.05, 3.63) is 36.2 Å². The number of para-hydroxylation sites is 1. The Kier molecular flexibility index (Phi) is 2.72. The Morgan fingerprint density at radius 3 is 2.94 bits per heavy atom. The van der Waals surface area contributed by atoms with Gasteiger partial charge >= 0.3 is 0 Å². The normalized spacial score (nSPS) is 10.4. The smallest absolute Gasteiger partial charge is 0.178 e. The molecule has 0 saturated heterocycles. The van der Waals surface area contributed by atoms with Crippen LogP contribution >= 0.6 is 0 Å². The highest BCUT2D eigenvalue weighted by molar-refractivity contribution is 5.52. The highest BCUT2D eigenvalue weighted by atomic mass is 19.1. The van der Waals surface area contributed by atoms with Crippen molar-refractivity contribution in [2.75, 3.05) is 5.73 Å². The van der Waals surface area contributed by atoms with Crippen LogP contribution in [0.5, 0.6) is 5.75 Å². The third-order valence-electron chi connectivity index (χ3n) is 2.15. The molecule has 0 aliphatic carbocycles. The number of aryl methyl sites for hydroxylation is 1. The van der Waals surface area contributed by atoms with E-state index in [1.165, 1.54) is 18.5 Å². The van der Waals surface area contributed by atoms with E-state index in [0.717, 1.165) is 0 Å². The van der Waals surface area contributed by atoms with Crippen LogP contribution < -0.4 is 10.5 Å². The summed E-state index contributed by atoms with van der Waals surface area (Å²) in [6.07, 6.45) is 1.41. The summed E-state index contributed by atoms with van der Waals surface area (Å²) >= 11 is 0. The number of hydrogen-bond donors (Lipinski definition) is 1. The maximum Gasteiger partial charge on any atom is 0.178 e. The lowest BCUT2D eigenvalue weighted by Crippen LogP contribution is -2.06. The van der Waals surface area contributed by atoms with Crippen LogP contribution in [0, 0.1) is 5.82 Å². The summed E-state index contributed by atoms with van der Waals surface area (Å²) in [5.41, 5.74) is 5.86. The van der Waals surface area contributed by atoms with E-state index in [-0.39, 0.29) is 18.0 Å². The number of nitrogens with two attached hydrogens (primary N) is 1. The molecule has 0 bridgehead atoms. The minimum atomic E-state index is -0.484. The number of nitrogen functional groups attached to an aromatic ring is 1. The molecule has 0 spiro atoms. The zero-order valence-electron chi connectivity index (χ0n) is 8.72. The Labute approximate surface area is 91.7 Å². The molecule has 5 nitrogen and oxygen atoms in total. The fourth-order valence-corrected chi connectivity index (χ4v) is 1.27. The van der Waals surface area contributed by atoms with E-state index in [4.69, 9.17) is 10.5 Å². The van der Waals surface area contributed by atoms with Gasteiger partial charge in [0.15, 0.2) is 17.4 Å². The molecule has 2 aromatic rings. The van der Waals surface area contributed by atoms with Gasteiger partial charge in [-0.2, -0.15) is 5.10 Å². The van der Waals surface area contributed by atoms with E-state index in [9.17, 15) is 4.39 Å². The molecule has 16 heavy (non-hydrogen) atoms. The summed E-state index contributed by atoms with van der Waals surface area (Å²) < 4.78 is 20.2. The van der Waals surface area contributed by atoms with E-state index in [1.54, 1.807) is 17.8 Å². The van der Waals surface area contributed by atoms with Gasteiger partial charge in [-0.3, -0.25) is 4.68 Å². The summed E-state index contributed by atoms with van der Waals surface area (Å²) in [5.74, 6) is 0.162. The maximum absolute atomic E-state index is 13.3. The summed E-state index contributed by atoms with van der Waals surface area (Å²) in [5, 5.41) is 3.87. The molecular weight excluding hydrogens is 211 g/mol. The average Bonchev–Trinajstić information content (AvgIpc) is 2.64. The molecule has 0 saturated carbocycles. The molecule has 0 atom stereocenters. The van der Waals surface area contributed by atoms with Crippen LogP contribution in [0.2, 0.25) is 0 Å². The minimum absolute atomic E-state index is 0.0468. The molecule has 1 aromatic heterocycles. The Bertz CT molecular complexity index is 477. The molecule has 0 radical (unpaired) electrons. The largest absolute Gasteiger partial charge is 0.480 e. The van der Waals surface area contributed by atoms with E-state index in [0.29, 0.717) is 5.82 Å². The van der Waals surface area contributed by atoms with Gasteiger partial charge in [-0.1, -0.05) is 6.07 Å². The molecule has 84 valence electrons. The lowest BCUT2D eigenvalue weighted by Gasteiger charge is -2.08. The van der Waals surface area contributed by atoms with E-state index in [2.05, 4.69) is 10.1 Å². The Morgan fingerprint density at radius 1 is 1.50 bits per heavy atom. The topological polar surface area (TPSA) is 66.0 Å². The van der Waals surface area contributed by atoms with Gasteiger partial charge in [0.05, 0.1) is 5.69 Å². The van der Waals surface area contributed by atoms with Crippen molar-refractivity contribution in [2.45, 2.75) is 6.61 Å². The van der Waals surface area contributed by atoms with E-state index >= 15 is 0 Å². The first kappa shape index (κ1) is 10.4. The van der Waals surface area contributed by atoms with Crippen LogP contribution in [0.4, 0.5) is 10.1 Å².